The van der Waals surface area contributed by atoms with E-state index < -0.39 is 16.9 Å². The van der Waals surface area contributed by atoms with Crippen molar-refractivity contribution in [2.24, 2.45) is 11.3 Å². The minimum absolute atomic E-state index is 0.0237. The molecule has 0 amide bonds. The zero-order valence-electron chi connectivity index (χ0n) is 9.69. The van der Waals surface area contributed by atoms with Gasteiger partial charge in [0.25, 0.3) is 0 Å². The summed E-state index contributed by atoms with van der Waals surface area (Å²) in [5.41, 5.74) is -1.54. The van der Waals surface area contributed by atoms with E-state index in [2.05, 4.69) is 11.0 Å². The van der Waals surface area contributed by atoms with Gasteiger partial charge >= 0.3 is 5.97 Å². The Morgan fingerprint density at radius 1 is 1.47 bits per heavy atom. The average molecular weight is 236 g/mol. The van der Waals surface area contributed by atoms with Crippen LogP contribution >= 0.6 is 0 Å². The van der Waals surface area contributed by atoms with E-state index in [1.807, 2.05) is 0 Å². The Bertz CT molecular complexity index is 399. The highest BCUT2D eigenvalue weighted by molar-refractivity contribution is 5.85. The molecule has 0 aromatic heterocycles. The standard InChI is InChI=1S/C12H16N2O3/c13-8-12(14-4-6-17-7-5-14)9-2-1-3-11(9,12)10(15)16/h9H,1-7H2,(H,15,16)/t9-,11-,12+/m1/s1. The molecule has 92 valence electrons. The SMILES string of the molecule is N#C[C@]1(N2CCOCC2)[C@@H]2CCC[C@]21C(=O)O. The molecule has 0 aromatic carbocycles. The maximum Gasteiger partial charge on any atom is 0.313 e. The molecule has 0 radical (unpaired) electrons. The van der Waals surface area contributed by atoms with Crippen molar-refractivity contribution in [2.75, 3.05) is 26.3 Å². The van der Waals surface area contributed by atoms with Crippen LogP contribution in [0.15, 0.2) is 0 Å². The molecule has 0 spiro atoms. The number of carboxylic acids is 1. The van der Waals surface area contributed by atoms with Crippen molar-refractivity contribution >= 4 is 5.97 Å². The van der Waals surface area contributed by atoms with Gasteiger partial charge in [0.15, 0.2) is 0 Å². The van der Waals surface area contributed by atoms with Gasteiger partial charge in [-0.05, 0) is 12.8 Å². The highest BCUT2D eigenvalue weighted by Gasteiger charge is 2.85. The molecule has 2 saturated carbocycles. The number of carboxylic acid groups (broad SMARTS) is 1. The molecule has 3 rings (SSSR count). The van der Waals surface area contributed by atoms with Crippen LogP contribution in [0.5, 0.6) is 0 Å². The van der Waals surface area contributed by atoms with E-state index in [9.17, 15) is 15.2 Å². The van der Waals surface area contributed by atoms with Crippen LogP contribution in [-0.4, -0.2) is 47.8 Å². The fourth-order valence-corrected chi connectivity index (χ4v) is 4.09. The van der Waals surface area contributed by atoms with Crippen molar-refractivity contribution < 1.29 is 14.6 Å². The molecule has 3 aliphatic rings. The van der Waals surface area contributed by atoms with Gasteiger partial charge < -0.3 is 9.84 Å². The van der Waals surface area contributed by atoms with E-state index >= 15 is 0 Å². The zero-order valence-corrected chi connectivity index (χ0v) is 9.69. The van der Waals surface area contributed by atoms with Crippen LogP contribution in [0.4, 0.5) is 0 Å². The van der Waals surface area contributed by atoms with Gasteiger partial charge in [-0.25, -0.2) is 0 Å². The van der Waals surface area contributed by atoms with Crippen LogP contribution in [0, 0.1) is 22.7 Å². The third-order valence-electron chi connectivity index (χ3n) is 4.82. The maximum absolute atomic E-state index is 11.6. The van der Waals surface area contributed by atoms with Crippen molar-refractivity contribution in [1.82, 2.24) is 4.90 Å². The molecule has 1 N–H and O–H groups in total. The third kappa shape index (κ3) is 1.08. The lowest BCUT2D eigenvalue weighted by Crippen LogP contribution is -2.49. The quantitative estimate of drug-likeness (QED) is 0.754. The molecule has 0 unspecified atom stereocenters. The minimum Gasteiger partial charge on any atom is -0.481 e. The minimum atomic E-state index is -0.793. The van der Waals surface area contributed by atoms with Gasteiger partial charge in [0.05, 0.1) is 19.3 Å². The van der Waals surface area contributed by atoms with Crippen molar-refractivity contribution in [1.29, 1.82) is 5.26 Å². The monoisotopic (exact) mass is 236 g/mol. The number of ether oxygens (including phenoxy) is 1. The summed E-state index contributed by atoms with van der Waals surface area (Å²) in [6, 6.07) is 2.34. The molecule has 5 heteroatoms. The van der Waals surface area contributed by atoms with Gasteiger partial charge in [-0.2, -0.15) is 5.26 Å². The molecule has 1 aliphatic heterocycles. The van der Waals surface area contributed by atoms with Crippen LogP contribution in [0.1, 0.15) is 19.3 Å². The molecule has 0 bridgehead atoms. The van der Waals surface area contributed by atoms with Gasteiger partial charge in [0, 0.05) is 19.0 Å². The molecule has 3 atom stereocenters. The van der Waals surface area contributed by atoms with Crippen LogP contribution in [0.25, 0.3) is 0 Å². The number of rotatable bonds is 2. The van der Waals surface area contributed by atoms with E-state index in [4.69, 9.17) is 4.74 Å². The fourth-order valence-electron chi connectivity index (χ4n) is 4.09. The fraction of sp³-hybridized carbons (Fsp3) is 0.833. The predicted molar refractivity (Wildman–Crippen MR) is 58.1 cm³/mol. The topological polar surface area (TPSA) is 73.6 Å². The molecule has 1 heterocycles. The summed E-state index contributed by atoms with van der Waals surface area (Å²) in [6.45, 7) is 2.57. The van der Waals surface area contributed by atoms with E-state index in [0.717, 1.165) is 12.8 Å². The Kier molecular flexibility index (Phi) is 2.22. The van der Waals surface area contributed by atoms with Gasteiger partial charge in [-0.15, -0.1) is 0 Å². The molecule has 5 nitrogen and oxygen atoms in total. The van der Waals surface area contributed by atoms with Gasteiger partial charge in [-0.3, -0.25) is 9.69 Å². The predicted octanol–water partition coefficient (Wildman–Crippen LogP) is 0.466. The Balaban J connectivity index is 1.95. The van der Waals surface area contributed by atoms with Crippen molar-refractivity contribution in [3.05, 3.63) is 0 Å². The summed E-state index contributed by atoms with van der Waals surface area (Å²) in [5.74, 6) is -0.761. The van der Waals surface area contributed by atoms with Crippen LogP contribution in [0.3, 0.4) is 0 Å². The first kappa shape index (κ1) is 11.0. The average Bonchev–Trinajstić information content (AvgIpc) is 2.68. The largest absolute Gasteiger partial charge is 0.481 e. The third-order valence-corrected chi connectivity index (χ3v) is 4.82. The molecule has 1 saturated heterocycles. The second-order valence-corrected chi connectivity index (χ2v) is 5.20. The summed E-state index contributed by atoms with van der Waals surface area (Å²) in [7, 11) is 0. The van der Waals surface area contributed by atoms with Crippen molar-refractivity contribution in [2.45, 2.75) is 24.8 Å². The number of fused-ring (bicyclic) bond motifs is 1. The van der Waals surface area contributed by atoms with Gasteiger partial charge in [0.2, 0.25) is 0 Å². The first-order chi connectivity index (χ1) is 8.20. The Morgan fingerprint density at radius 3 is 2.71 bits per heavy atom. The molecular weight excluding hydrogens is 220 g/mol. The highest BCUT2D eigenvalue weighted by Crippen LogP contribution is 2.73. The second-order valence-electron chi connectivity index (χ2n) is 5.20. The molecule has 0 aromatic rings. The van der Waals surface area contributed by atoms with Crippen LogP contribution in [0.2, 0.25) is 0 Å². The molecule has 2 aliphatic carbocycles. The number of nitriles is 1. The molecule has 17 heavy (non-hydrogen) atoms. The number of carbonyl (C=O) groups is 1. The molecule has 3 fully saturated rings. The summed E-state index contributed by atoms with van der Waals surface area (Å²) in [4.78, 5) is 13.6. The summed E-state index contributed by atoms with van der Waals surface area (Å²) >= 11 is 0. The number of hydrogen-bond acceptors (Lipinski definition) is 4. The summed E-state index contributed by atoms with van der Waals surface area (Å²) in [6.07, 6.45) is 2.46. The second kappa shape index (κ2) is 3.44. The highest BCUT2D eigenvalue weighted by atomic mass is 16.5. The van der Waals surface area contributed by atoms with E-state index in [0.29, 0.717) is 32.7 Å². The molecular formula is C12H16N2O3. The number of nitrogens with zero attached hydrogens (tertiary/aromatic N) is 2. The maximum atomic E-state index is 11.6. The van der Waals surface area contributed by atoms with E-state index in [1.165, 1.54) is 0 Å². The number of hydrogen-bond donors (Lipinski definition) is 1. The van der Waals surface area contributed by atoms with Gasteiger partial charge in [0.1, 0.15) is 11.0 Å². The van der Waals surface area contributed by atoms with Crippen LogP contribution in [-0.2, 0) is 9.53 Å². The first-order valence-corrected chi connectivity index (χ1v) is 6.17. The van der Waals surface area contributed by atoms with Crippen LogP contribution < -0.4 is 0 Å². The first-order valence-electron chi connectivity index (χ1n) is 6.17. The number of morpholine rings is 1. The van der Waals surface area contributed by atoms with E-state index in [-0.39, 0.29) is 5.92 Å². The Labute approximate surface area is 100.0 Å². The van der Waals surface area contributed by atoms with E-state index in [1.54, 1.807) is 0 Å². The number of aliphatic carboxylic acids is 1. The van der Waals surface area contributed by atoms with Crippen molar-refractivity contribution in [3.63, 3.8) is 0 Å². The zero-order chi connectivity index (χ0) is 12.1. The van der Waals surface area contributed by atoms with Gasteiger partial charge in [-0.1, -0.05) is 6.42 Å². The Hall–Kier alpha value is -1.12. The summed E-state index contributed by atoms with van der Waals surface area (Å²) < 4.78 is 5.28. The lowest BCUT2D eigenvalue weighted by Gasteiger charge is -2.34. The summed E-state index contributed by atoms with van der Waals surface area (Å²) in [5, 5.41) is 19.0. The normalized spacial score (nSPS) is 45.0. The Morgan fingerprint density at radius 2 is 2.18 bits per heavy atom. The smallest absolute Gasteiger partial charge is 0.313 e. The lowest BCUT2D eigenvalue weighted by atomic mass is 9.94. The van der Waals surface area contributed by atoms with Crippen molar-refractivity contribution in [3.8, 4) is 6.07 Å². The lowest BCUT2D eigenvalue weighted by molar-refractivity contribution is -0.145.